The second-order valence-corrected chi connectivity index (χ2v) is 8.51. The number of aromatic nitrogens is 2. The highest BCUT2D eigenvalue weighted by molar-refractivity contribution is 7.99. The summed E-state index contributed by atoms with van der Waals surface area (Å²) in [7, 11) is 0. The van der Waals surface area contributed by atoms with Crippen LogP contribution >= 0.6 is 23.1 Å². The molecular formula is C20H21N3O2S2. The van der Waals surface area contributed by atoms with Gasteiger partial charge in [-0.15, -0.1) is 17.9 Å². The molecule has 1 amide bonds. The molecule has 0 atom stereocenters. The van der Waals surface area contributed by atoms with Crippen molar-refractivity contribution in [3.63, 3.8) is 0 Å². The summed E-state index contributed by atoms with van der Waals surface area (Å²) in [6, 6.07) is 7.75. The Labute approximate surface area is 166 Å². The Kier molecular flexibility index (Phi) is 5.82. The van der Waals surface area contributed by atoms with Crippen LogP contribution in [-0.4, -0.2) is 21.2 Å². The minimum Gasteiger partial charge on any atom is -0.325 e. The maximum atomic E-state index is 12.7. The van der Waals surface area contributed by atoms with E-state index in [9.17, 15) is 9.59 Å². The molecule has 0 unspecified atom stereocenters. The summed E-state index contributed by atoms with van der Waals surface area (Å²) in [4.78, 5) is 31.5. The number of aryl methyl sites for hydroxylation is 3. The number of benzene rings is 1. The number of nitrogens with one attached hydrogen (secondary N) is 1. The Hall–Kier alpha value is -2.38. The molecule has 5 nitrogen and oxygen atoms in total. The summed E-state index contributed by atoms with van der Waals surface area (Å²) in [6.07, 6.45) is 1.66. The number of anilines is 1. The minimum absolute atomic E-state index is 0.0958. The normalized spacial score (nSPS) is 10.9. The molecule has 0 spiro atoms. The number of thiophene rings is 1. The van der Waals surface area contributed by atoms with E-state index in [1.54, 1.807) is 10.6 Å². The third kappa shape index (κ3) is 4.31. The molecule has 3 aromatic rings. The van der Waals surface area contributed by atoms with Crippen molar-refractivity contribution >= 4 is 44.9 Å². The van der Waals surface area contributed by atoms with E-state index in [2.05, 4.69) is 16.9 Å². The topological polar surface area (TPSA) is 64.0 Å². The monoisotopic (exact) mass is 399 g/mol. The molecule has 1 N–H and O–H groups in total. The van der Waals surface area contributed by atoms with Gasteiger partial charge in [-0.3, -0.25) is 14.2 Å². The van der Waals surface area contributed by atoms with Crippen LogP contribution in [0.1, 0.15) is 16.0 Å². The van der Waals surface area contributed by atoms with Gasteiger partial charge in [-0.1, -0.05) is 35.5 Å². The Bertz CT molecular complexity index is 1080. The van der Waals surface area contributed by atoms with Gasteiger partial charge in [-0.25, -0.2) is 4.98 Å². The molecule has 3 rings (SSSR count). The van der Waals surface area contributed by atoms with Crippen molar-refractivity contribution in [2.24, 2.45) is 0 Å². The zero-order valence-electron chi connectivity index (χ0n) is 15.5. The van der Waals surface area contributed by atoms with Gasteiger partial charge in [-0.2, -0.15) is 0 Å². The lowest BCUT2D eigenvalue weighted by Gasteiger charge is -2.11. The number of carbonyl (C=O) groups is 1. The second kappa shape index (κ2) is 8.10. The van der Waals surface area contributed by atoms with Crippen LogP contribution in [0.25, 0.3) is 10.2 Å². The Morgan fingerprint density at radius 3 is 2.81 bits per heavy atom. The molecule has 0 saturated heterocycles. The molecule has 0 aliphatic rings. The molecule has 2 aromatic heterocycles. The number of rotatable bonds is 6. The number of fused-ring (bicyclic) bond motifs is 1. The summed E-state index contributed by atoms with van der Waals surface area (Å²) < 4.78 is 1.57. The van der Waals surface area contributed by atoms with Crippen LogP contribution in [0.3, 0.4) is 0 Å². The predicted molar refractivity (Wildman–Crippen MR) is 114 cm³/mol. The first-order valence-electron chi connectivity index (χ1n) is 8.51. The van der Waals surface area contributed by atoms with Crippen LogP contribution in [0.4, 0.5) is 5.69 Å². The number of carbonyl (C=O) groups excluding carboxylic acids is 1. The highest BCUT2D eigenvalue weighted by Gasteiger charge is 2.15. The highest BCUT2D eigenvalue weighted by Crippen LogP contribution is 2.24. The van der Waals surface area contributed by atoms with Crippen molar-refractivity contribution in [3.8, 4) is 0 Å². The van der Waals surface area contributed by atoms with Gasteiger partial charge >= 0.3 is 0 Å². The zero-order valence-corrected chi connectivity index (χ0v) is 17.2. The molecule has 0 aliphatic heterocycles. The van der Waals surface area contributed by atoms with E-state index in [1.165, 1.54) is 23.1 Å². The average molecular weight is 400 g/mol. The summed E-state index contributed by atoms with van der Waals surface area (Å²) >= 11 is 2.74. The zero-order chi connectivity index (χ0) is 19.6. The lowest BCUT2D eigenvalue weighted by molar-refractivity contribution is -0.113. The van der Waals surface area contributed by atoms with Gasteiger partial charge in [-0.05, 0) is 38.5 Å². The molecule has 0 saturated carbocycles. The fourth-order valence-electron chi connectivity index (χ4n) is 2.79. The van der Waals surface area contributed by atoms with Gasteiger partial charge in [0.15, 0.2) is 5.16 Å². The van der Waals surface area contributed by atoms with Crippen LogP contribution in [0.2, 0.25) is 0 Å². The van der Waals surface area contributed by atoms with Crippen LogP contribution in [0.15, 0.2) is 46.9 Å². The quantitative estimate of drug-likeness (QED) is 0.381. The third-order valence-electron chi connectivity index (χ3n) is 4.04. The van der Waals surface area contributed by atoms with E-state index in [1.807, 2.05) is 45.0 Å². The molecule has 0 radical (unpaired) electrons. The highest BCUT2D eigenvalue weighted by atomic mass is 32.2. The van der Waals surface area contributed by atoms with Crippen LogP contribution < -0.4 is 10.9 Å². The second-order valence-electron chi connectivity index (χ2n) is 6.33. The summed E-state index contributed by atoms with van der Waals surface area (Å²) in [5.74, 6) is 0.0426. The molecule has 27 heavy (non-hydrogen) atoms. The first kappa shape index (κ1) is 19.4. The maximum absolute atomic E-state index is 12.7. The van der Waals surface area contributed by atoms with Gasteiger partial charge in [0.2, 0.25) is 5.91 Å². The van der Waals surface area contributed by atoms with Crippen LogP contribution in [0, 0.1) is 20.8 Å². The van der Waals surface area contributed by atoms with E-state index in [0.29, 0.717) is 21.9 Å². The van der Waals surface area contributed by atoms with E-state index in [0.717, 1.165) is 21.7 Å². The summed E-state index contributed by atoms with van der Waals surface area (Å²) in [6.45, 7) is 10.0. The lowest BCUT2D eigenvalue weighted by Crippen LogP contribution is -2.23. The van der Waals surface area contributed by atoms with Gasteiger partial charge in [0.1, 0.15) is 4.83 Å². The number of thioether (sulfide) groups is 1. The van der Waals surface area contributed by atoms with E-state index in [-0.39, 0.29) is 17.2 Å². The van der Waals surface area contributed by atoms with Gasteiger partial charge < -0.3 is 5.32 Å². The van der Waals surface area contributed by atoms with Crippen LogP contribution in [0.5, 0.6) is 0 Å². The van der Waals surface area contributed by atoms with E-state index >= 15 is 0 Å². The fraction of sp³-hybridized carbons (Fsp3) is 0.250. The molecule has 0 bridgehead atoms. The number of allylic oxidation sites excluding steroid dienone is 1. The first-order valence-corrected chi connectivity index (χ1v) is 10.3. The molecule has 0 fully saturated rings. The van der Waals surface area contributed by atoms with Gasteiger partial charge in [0, 0.05) is 17.1 Å². The van der Waals surface area contributed by atoms with Gasteiger partial charge in [0.05, 0.1) is 11.1 Å². The standard InChI is InChI=1S/C20H21N3O2S2/c1-5-8-23-19(25)15-10-14(4)27-18(15)22-20(23)26-11-17(24)21-16-7-6-12(2)9-13(16)3/h5-7,9-10H,1,8,11H2,2-4H3,(H,21,24). The number of nitrogens with zero attached hydrogens (tertiary/aromatic N) is 2. The molecule has 140 valence electrons. The molecule has 0 aliphatic carbocycles. The molecule has 7 heteroatoms. The molecule has 2 heterocycles. The summed E-state index contributed by atoms with van der Waals surface area (Å²) in [5.41, 5.74) is 2.87. The number of hydrogen-bond donors (Lipinski definition) is 1. The lowest BCUT2D eigenvalue weighted by atomic mass is 10.1. The van der Waals surface area contributed by atoms with Gasteiger partial charge in [0.25, 0.3) is 5.56 Å². The van der Waals surface area contributed by atoms with Crippen molar-refractivity contribution in [1.82, 2.24) is 9.55 Å². The third-order valence-corrected chi connectivity index (χ3v) is 5.96. The van der Waals surface area contributed by atoms with Crippen molar-refractivity contribution in [2.45, 2.75) is 32.5 Å². The van der Waals surface area contributed by atoms with Crippen molar-refractivity contribution in [1.29, 1.82) is 0 Å². The van der Waals surface area contributed by atoms with E-state index in [4.69, 9.17) is 0 Å². The Morgan fingerprint density at radius 1 is 1.33 bits per heavy atom. The molecular weight excluding hydrogens is 378 g/mol. The van der Waals surface area contributed by atoms with Crippen molar-refractivity contribution in [2.75, 3.05) is 11.1 Å². The Balaban J connectivity index is 1.81. The first-order chi connectivity index (χ1) is 12.9. The maximum Gasteiger partial charge on any atom is 0.263 e. The Morgan fingerprint density at radius 2 is 2.11 bits per heavy atom. The van der Waals surface area contributed by atoms with Crippen LogP contribution in [-0.2, 0) is 11.3 Å². The number of hydrogen-bond acceptors (Lipinski definition) is 5. The summed E-state index contributed by atoms with van der Waals surface area (Å²) in [5, 5.41) is 4.07. The molecule has 1 aromatic carbocycles. The predicted octanol–water partition coefficient (Wildman–Crippen LogP) is 4.30. The largest absolute Gasteiger partial charge is 0.325 e. The minimum atomic E-state index is -0.131. The van der Waals surface area contributed by atoms with Crippen molar-refractivity contribution < 1.29 is 4.79 Å². The van der Waals surface area contributed by atoms with Crippen molar-refractivity contribution in [3.05, 3.63) is 63.3 Å². The number of amides is 1. The average Bonchev–Trinajstić information content (AvgIpc) is 2.99. The fourth-order valence-corrected chi connectivity index (χ4v) is 4.52. The van der Waals surface area contributed by atoms with E-state index < -0.39 is 0 Å². The SMILES string of the molecule is C=CCn1c(SCC(=O)Nc2ccc(C)cc2C)nc2sc(C)cc2c1=O. The smallest absolute Gasteiger partial charge is 0.263 e.